The van der Waals surface area contributed by atoms with Crippen LogP contribution in [0.2, 0.25) is 0 Å². The molecule has 0 aromatic heterocycles. The first kappa shape index (κ1) is 7.35. The van der Waals surface area contributed by atoms with Gasteiger partial charge in [0.05, 0.1) is 11.6 Å². The van der Waals surface area contributed by atoms with Gasteiger partial charge in [0.15, 0.2) is 0 Å². The average Bonchev–Trinajstić information content (AvgIpc) is 1.88. The Bertz CT molecular complexity index is 165. The van der Waals surface area contributed by atoms with Crippen LogP contribution in [-0.2, 0) is 0 Å². The van der Waals surface area contributed by atoms with E-state index in [0.29, 0.717) is 0 Å². The fourth-order valence-electron chi connectivity index (χ4n) is 0.885. The Balaban J connectivity index is 2.60. The summed E-state index contributed by atoms with van der Waals surface area (Å²) in [5.41, 5.74) is -0.679. The van der Waals surface area contributed by atoms with Crippen molar-refractivity contribution in [1.29, 1.82) is 0 Å². The van der Waals surface area contributed by atoms with E-state index in [9.17, 15) is 5.11 Å². The first-order chi connectivity index (χ1) is 4.61. The predicted octanol–water partition coefficient (Wildman–Crippen LogP) is 0.799. The van der Waals surface area contributed by atoms with Gasteiger partial charge in [0, 0.05) is 0 Å². The molecule has 1 unspecified atom stereocenters. The van der Waals surface area contributed by atoms with Gasteiger partial charge < -0.3 is 10.4 Å². The van der Waals surface area contributed by atoms with Crippen LogP contribution >= 0.6 is 0 Å². The van der Waals surface area contributed by atoms with Gasteiger partial charge in [-0.25, -0.2) is 0 Å². The summed E-state index contributed by atoms with van der Waals surface area (Å²) >= 11 is 0. The van der Waals surface area contributed by atoms with E-state index in [4.69, 9.17) is 0 Å². The standard InChI is InChI=1S/C8H13NO/c1-8(2,10)7-5-3-4-6-9-7/h3-7,9-10H,1-2H3. The predicted molar refractivity (Wildman–Crippen MR) is 41.5 cm³/mol. The molecule has 2 nitrogen and oxygen atoms in total. The second-order valence-electron chi connectivity index (χ2n) is 3.04. The summed E-state index contributed by atoms with van der Waals surface area (Å²) in [5, 5.41) is 12.5. The molecule has 0 spiro atoms. The van der Waals surface area contributed by atoms with Crippen LogP contribution in [0.15, 0.2) is 24.4 Å². The Morgan fingerprint density at radius 1 is 1.40 bits per heavy atom. The summed E-state index contributed by atoms with van der Waals surface area (Å²) in [6.07, 6.45) is 7.62. The minimum Gasteiger partial charge on any atom is -0.388 e. The molecular weight excluding hydrogens is 126 g/mol. The highest BCUT2D eigenvalue weighted by Gasteiger charge is 2.23. The zero-order chi connectivity index (χ0) is 7.61. The van der Waals surface area contributed by atoms with Gasteiger partial charge in [-0.15, -0.1) is 0 Å². The van der Waals surface area contributed by atoms with E-state index in [-0.39, 0.29) is 6.04 Å². The van der Waals surface area contributed by atoms with E-state index >= 15 is 0 Å². The monoisotopic (exact) mass is 139 g/mol. The number of hydrogen-bond acceptors (Lipinski definition) is 2. The lowest BCUT2D eigenvalue weighted by molar-refractivity contribution is 0.0585. The third-order valence-electron chi connectivity index (χ3n) is 1.55. The number of allylic oxidation sites excluding steroid dienone is 2. The SMILES string of the molecule is CC(C)(O)C1C=CC=CN1. The van der Waals surface area contributed by atoms with Gasteiger partial charge in [-0.3, -0.25) is 0 Å². The second-order valence-corrected chi connectivity index (χ2v) is 3.04. The molecule has 0 saturated heterocycles. The molecule has 0 aromatic rings. The van der Waals surface area contributed by atoms with E-state index in [2.05, 4.69) is 5.32 Å². The zero-order valence-corrected chi connectivity index (χ0v) is 6.33. The van der Waals surface area contributed by atoms with Gasteiger partial charge in [0.2, 0.25) is 0 Å². The van der Waals surface area contributed by atoms with Crippen molar-refractivity contribution in [3.05, 3.63) is 24.4 Å². The van der Waals surface area contributed by atoms with Gasteiger partial charge >= 0.3 is 0 Å². The Kier molecular flexibility index (Phi) is 1.81. The summed E-state index contributed by atoms with van der Waals surface area (Å²) in [7, 11) is 0. The van der Waals surface area contributed by atoms with E-state index in [1.807, 2.05) is 24.4 Å². The van der Waals surface area contributed by atoms with E-state index in [1.165, 1.54) is 0 Å². The second kappa shape index (κ2) is 2.46. The van der Waals surface area contributed by atoms with Crippen molar-refractivity contribution in [2.75, 3.05) is 0 Å². The molecule has 0 amide bonds. The smallest absolute Gasteiger partial charge is 0.0827 e. The fraction of sp³-hybridized carbons (Fsp3) is 0.500. The highest BCUT2D eigenvalue weighted by atomic mass is 16.3. The van der Waals surface area contributed by atoms with Crippen LogP contribution in [-0.4, -0.2) is 16.7 Å². The summed E-state index contributed by atoms with van der Waals surface area (Å²) in [6.45, 7) is 3.57. The lowest BCUT2D eigenvalue weighted by Gasteiger charge is -2.28. The van der Waals surface area contributed by atoms with Crippen LogP contribution < -0.4 is 5.32 Å². The molecule has 1 atom stereocenters. The van der Waals surface area contributed by atoms with Crippen molar-refractivity contribution >= 4 is 0 Å². The molecule has 1 heterocycles. The van der Waals surface area contributed by atoms with Gasteiger partial charge in [0.1, 0.15) is 0 Å². The van der Waals surface area contributed by atoms with Crippen LogP contribution in [0.25, 0.3) is 0 Å². The van der Waals surface area contributed by atoms with E-state index in [0.717, 1.165) is 0 Å². The third kappa shape index (κ3) is 1.61. The topological polar surface area (TPSA) is 32.3 Å². The largest absolute Gasteiger partial charge is 0.388 e. The van der Waals surface area contributed by atoms with Crippen LogP contribution in [0.4, 0.5) is 0 Å². The number of nitrogens with one attached hydrogen (secondary N) is 1. The summed E-state index contributed by atoms with van der Waals surface area (Å²) < 4.78 is 0. The van der Waals surface area contributed by atoms with E-state index < -0.39 is 5.60 Å². The van der Waals surface area contributed by atoms with Crippen LogP contribution in [0.5, 0.6) is 0 Å². The first-order valence-corrected chi connectivity index (χ1v) is 3.42. The maximum absolute atomic E-state index is 9.49. The zero-order valence-electron chi connectivity index (χ0n) is 6.33. The lowest BCUT2D eigenvalue weighted by Crippen LogP contribution is -2.43. The van der Waals surface area contributed by atoms with Gasteiger partial charge in [-0.05, 0) is 26.1 Å². The molecular formula is C8H13NO. The average molecular weight is 139 g/mol. The molecule has 0 aromatic carbocycles. The number of rotatable bonds is 1. The number of hydrogen-bond donors (Lipinski definition) is 2. The minimum absolute atomic E-state index is 0.0394. The maximum Gasteiger partial charge on any atom is 0.0827 e. The summed E-state index contributed by atoms with van der Waals surface area (Å²) in [6, 6.07) is 0.0394. The van der Waals surface area contributed by atoms with Crippen LogP contribution in [0.1, 0.15) is 13.8 Å². The molecule has 0 fully saturated rings. The molecule has 0 aliphatic carbocycles. The van der Waals surface area contributed by atoms with Crippen molar-refractivity contribution < 1.29 is 5.11 Å². The number of dihydropyridines is 1. The molecule has 0 saturated carbocycles. The molecule has 0 radical (unpaired) electrons. The quantitative estimate of drug-likeness (QED) is 0.563. The van der Waals surface area contributed by atoms with Gasteiger partial charge in [-0.1, -0.05) is 12.2 Å². The number of aliphatic hydroxyl groups is 1. The third-order valence-corrected chi connectivity index (χ3v) is 1.55. The van der Waals surface area contributed by atoms with Crippen molar-refractivity contribution in [3.63, 3.8) is 0 Å². The Labute approximate surface area is 61.3 Å². The van der Waals surface area contributed by atoms with Gasteiger partial charge in [0.25, 0.3) is 0 Å². The Morgan fingerprint density at radius 3 is 2.40 bits per heavy atom. The molecule has 1 rings (SSSR count). The van der Waals surface area contributed by atoms with Crippen molar-refractivity contribution in [2.45, 2.75) is 25.5 Å². The van der Waals surface area contributed by atoms with Crippen molar-refractivity contribution in [3.8, 4) is 0 Å². The molecule has 2 N–H and O–H groups in total. The Morgan fingerprint density at radius 2 is 2.10 bits per heavy atom. The van der Waals surface area contributed by atoms with Gasteiger partial charge in [-0.2, -0.15) is 0 Å². The minimum atomic E-state index is -0.679. The summed E-state index contributed by atoms with van der Waals surface area (Å²) in [5.74, 6) is 0. The molecule has 56 valence electrons. The molecule has 2 heteroatoms. The normalized spacial score (nSPS) is 24.5. The van der Waals surface area contributed by atoms with E-state index in [1.54, 1.807) is 13.8 Å². The Hall–Kier alpha value is -0.760. The molecule has 0 bridgehead atoms. The maximum atomic E-state index is 9.49. The van der Waals surface area contributed by atoms with Crippen molar-refractivity contribution in [1.82, 2.24) is 5.32 Å². The van der Waals surface area contributed by atoms with Crippen LogP contribution in [0.3, 0.4) is 0 Å². The molecule has 1 aliphatic heterocycles. The first-order valence-electron chi connectivity index (χ1n) is 3.42. The van der Waals surface area contributed by atoms with Crippen molar-refractivity contribution in [2.24, 2.45) is 0 Å². The highest BCUT2D eigenvalue weighted by molar-refractivity contribution is 5.15. The molecule has 10 heavy (non-hydrogen) atoms. The highest BCUT2D eigenvalue weighted by Crippen LogP contribution is 2.11. The lowest BCUT2D eigenvalue weighted by atomic mass is 9.98. The van der Waals surface area contributed by atoms with Crippen LogP contribution in [0, 0.1) is 0 Å². The fourth-order valence-corrected chi connectivity index (χ4v) is 0.885. The summed E-state index contributed by atoms with van der Waals surface area (Å²) in [4.78, 5) is 0. The molecule has 1 aliphatic rings.